The highest BCUT2D eigenvalue weighted by molar-refractivity contribution is 6.18. The molecule has 0 bridgehead atoms. The molecule has 0 radical (unpaired) electrons. The highest BCUT2D eigenvalue weighted by atomic mass is 35.5. The predicted octanol–water partition coefficient (Wildman–Crippen LogP) is 3.43. The van der Waals surface area contributed by atoms with Crippen molar-refractivity contribution in [1.29, 1.82) is 0 Å². The van der Waals surface area contributed by atoms with Gasteiger partial charge in [0.2, 0.25) is 0 Å². The number of hydrogen-bond acceptors (Lipinski definition) is 1. The highest BCUT2D eigenvalue weighted by Gasteiger charge is 2.47. The first-order chi connectivity index (χ1) is 7.75. The number of ether oxygens (including phenoxy) is 1. The van der Waals surface area contributed by atoms with E-state index < -0.39 is 49.2 Å². The van der Waals surface area contributed by atoms with Gasteiger partial charge in [0, 0.05) is 0 Å². The molecule has 0 spiro atoms. The summed E-state index contributed by atoms with van der Waals surface area (Å²) in [6, 6.07) is 0. The Labute approximate surface area is 104 Å². The van der Waals surface area contributed by atoms with Crippen LogP contribution < -0.4 is 0 Å². The second-order valence-electron chi connectivity index (χ2n) is 3.21. The van der Waals surface area contributed by atoms with Gasteiger partial charge >= 0.3 is 11.8 Å². The smallest absolute Gasteiger partial charge is 0.302 e. The lowest BCUT2D eigenvalue weighted by Crippen LogP contribution is -2.48. The molecule has 17 heavy (non-hydrogen) atoms. The third-order valence-electron chi connectivity index (χ3n) is 1.91. The van der Waals surface area contributed by atoms with Crippen molar-refractivity contribution >= 4 is 23.2 Å². The Morgan fingerprint density at radius 3 is 1.29 bits per heavy atom. The molecule has 0 aromatic heterocycles. The lowest BCUT2D eigenvalue weighted by atomic mass is 10.2. The van der Waals surface area contributed by atoms with Crippen molar-refractivity contribution in [2.24, 2.45) is 0 Å². The lowest BCUT2D eigenvalue weighted by molar-refractivity contribution is -0.207. The molecule has 2 atom stereocenters. The van der Waals surface area contributed by atoms with E-state index in [4.69, 9.17) is 23.2 Å². The van der Waals surface area contributed by atoms with E-state index in [0.717, 1.165) is 0 Å². The van der Waals surface area contributed by atoms with Crippen LogP contribution >= 0.6 is 23.2 Å². The largest absolute Gasteiger partial charge is 0.360 e. The van der Waals surface area contributed by atoms with Gasteiger partial charge in [-0.15, -0.1) is 23.2 Å². The molecule has 0 aromatic carbocycles. The quantitative estimate of drug-likeness (QED) is 0.493. The van der Waals surface area contributed by atoms with Crippen molar-refractivity contribution in [2.75, 3.05) is 25.1 Å². The third kappa shape index (κ3) is 4.71. The molecule has 0 aliphatic rings. The predicted molar refractivity (Wildman–Crippen MR) is 51.9 cm³/mol. The standard InChI is InChI=1S/C8H10Cl2F6O/c9-1-5(7(13,14)3-11)17-6(2-10)8(15,16)4-12/h5-6H,1-4H2/t5-,6-/m0/s1. The zero-order chi connectivity index (χ0) is 13.7. The second kappa shape index (κ2) is 6.89. The highest BCUT2D eigenvalue weighted by Crippen LogP contribution is 2.30. The van der Waals surface area contributed by atoms with Gasteiger partial charge in [0.05, 0.1) is 11.8 Å². The first-order valence-electron chi connectivity index (χ1n) is 4.40. The lowest BCUT2D eigenvalue weighted by Gasteiger charge is -2.30. The Hall–Kier alpha value is 0.120. The van der Waals surface area contributed by atoms with Crippen LogP contribution in [0.25, 0.3) is 0 Å². The Balaban J connectivity index is 4.75. The van der Waals surface area contributed by atoms with Crippen molar-refractivity contribution in [2.45, 2.75) is 24.1 Å². The van der Waals surface area contributed by atoms with E-state index in [1.165, 1.54) is 0 Å². The van der Waals surface area contributed by atoms with Gasteiger partial charge in [-0.1, -0.05) is 0 Å². The maximum atomic E-state index is 12.8. The SMILES string of the molecule is FCC(F)(F)[C@H](CCl)O[C@@H](CCl)C(F)(F)CF. The molecule has 9 heteroatoms. The molecule has 0 heterocycles. The number of hydrogen-bond donors (Lipinski definition) is 0. The third-order valence-corrected chi connectivity index (χ3v) is 2.47. The van der Waals surface area contributed by atoms with Gasteiger partial charge < -0.3 is 4.74 Å². The molecule has 0 aliphatic carbocycles. The first-order valence-corrected chi connectivity index (χ1v) is 5.47. The van der Waals surface area contributed by atoms with Crippen LogP contribution in [-0.2, 0) is 4.74 Å². The molecule has 0 fully saturated rings. The summed E-state index contributed by atoms with van der Waals surface area (Å²) in [7, 11) is 0. The Kier molecular flexibility index (Phi) is 6.94. The molecule has 0 saturated heterocycles. The van der Waals surface area contributed by atoms with E-state index in [9.17, 15) is 26.3 Å². The van der Waals surface area contributed by atoms with Gasteiger partial charge in [-0.3, -0.25) is 0 Å². The fourth-order valence-electron chi connectivity index (χ4n) is 0.868. The molecule has 104 valence electrons. The summed E-state index contributed by atoms with van der Waals surface area (Å²) in [6.45, 7) is -4.25. The van der Waals surface area contributed by atoms with Crippen LogP contribution in [0.2, 0.25) is 0 Å². The fourth-order valence-corrected chi connectivity index (χ4v) is 1.46. The number of halogens is 8. The normalized spacial score (nSPS) is 16.9. The second-order valence-corrected chi connectivity index (χ2v) is 3.83. The van der Waals surface area contributed by atoms with E-state index in [0.29, 0.717) is 0 Å². The average Bonchev–Trinajstić information content (AvgIpc) is 2.29. The molecule has 1 nitrogen and oxygen atoms in total. The molecule has 0 unspecified atom stereocenters. The van der Waals surface area contributed by atoms with Gasteiger partial charge in [-0.05, 0) is 0 Å². The van der Waals surface area contributed by atoms with Crippen molar-refractivity contribution in [3.63, 3.8) is 0 Å². The van der Waals surface area contributed by atoms with Gasteiger partial charge in [0.1, 0.15) is 12.2 Å². The van der Waals surface area contributed by atoms with E-state index in [2.05, 4.69) is 4.74 Å². The number of alkyl halides is 8. The van der Waals surface area contributed by atoms with Crippen LogP contribution in [0.5, 0.6) is 0 Å². The topological polar surface area (TPSA) is 9.23 Å². The Bertz CT molecular complexity index is 206. The van der Waals surface area contributed by atoms with Gasteiger partial charge in [0.25, 0.3) is 0 Å². The van der Waals surface area contributed by atoms with Crippen molar-refractivity contribution < 1.29 is 31.1 Å². The summed E-state index contributed by atoms with van der Waals surface area (Å²) in [6.07, 6.45) is -4.59. The van der Waals surface area contributed by atoms with Crippen molar-refractivity contribution in [3.05, 3.63) is 0 Å². The zero-order valence-electron chi connectivity index (χ0n) is 8.42. The molecule has 0 aliphatic heterocycles. The monoisotopic (exact) mass is 306 g/mol. The minimum atomic E-state index is -4.03. The van der Waals surface area contributed by atoms with Gasteiger partial charge in [-0.25, -0.2) is 26.3 Å². The van der Waals surface area contributed by atoms with Crippen LogP contribution in [0.15, 0.2) is 0 Å². The molecule has 0 amide bonds. The van der Waals surface area contributed by atoms with Crippen LogP contribution in [0.1, 0.15) is 0 Å². The van der Waals surface area contributed by atoms with Crippen LogP contribution in [0.4, 0.5) is 26.3 Å². The summed E-state index contributed by atoms with van der Waals surface area (Å²) >= 11 is 10.1. The first kappa shape index (κ1) is 17.1. The molecule has 0 N–H and O–H groups in total. The Morgan fingerprint density at radius 2 is 1.12 bits per heavy atom. The summed E-state index contributed by atoms with van der Waals surface area (Å²) < 4.78 is 79.5. The molecular weight excluding hydrogens is 297 g/mol. The molecular formula is C8H10Cl2F6O. The summed E-state index contributed by atoms with van der Waals surface area (Å²) in [4.78, 5) is 0. The molecule has 0 rings (SSSR count). The maximum Gasteiger partial charge on any atom is 0.302 e. The minimum absolute atomic E-state index is 0.924. The summed E-state index contributed by atoms with van der Waals surface area (Å²) in [5, 5.41) is 0. The zero-order valence-corrected chi connectivity index (χ0v) is 9.93. The molecule has 0 aromatic rings. The van der Waals surface area contributed by atoms with Gasteiger partial charge in [0.15, 0.2) is 13.3 Å². The van der Waals surface area contributed by atoms with Crippen molar-refractivity contribution in [3.8, 4) is 0 Å². The summed E-state index contributed by atoms with van der Waals surface area (Å²) in [5.41, 5.74) is 0. The van der Waals surface area contributed by atoms with Crippen LogP contribution in [-0.4, -0.2) is 49.2 Å². The Morgan fingerprint density at radius 1 is 0.824 bits per heavy atom. The fraction of sp³-hybridized carbons (Fsp3) is 1.00. The summed E-state index contributed by atoms with van der Waals surface area (Å²) in [5.74, 6) is -9.91. The van der Waals surface area contributed by atoms with Gasteiger partial charge in [-0.2, -0.15) is 0 Å². The minimum Gasteiger partial charge on any atom is -0.360 e. The van der Waals surface area contributed by atoms with E-state index in [-0.39, 0.29) is 0 Å². The van der Waals surface area contributed by atoms with E-state index in [1.807, 2.05) is 0 Å². The average molecular weight is 307 g/mol. The molecule has 0 saturated carbocycles. The van der Waals surface area contributed by atoms with Crippen LogP contribution in [0, 0.1) is 0 Å². The van der Waals surface area contributed by atoms with Crippen molar-refractivity contribution in [1.82, 2.24) is 0 Å². The number of rotatable bonds is 8. The maximum absolute atomic E-state index is 12.8. The van der Waals surface area contributed by atoms with E-state index >= 15 is 0 Å². The van der Waals surface area contributed by atoms with Crippen LogP contribution in [0.3, 0.4) is 0 Å². The van der Waals surface area contributed by atoms with E-state index in [1.54, 1.807) is 0 Å².